The molecule has 0 atom stereocenters. The third-order valence-electron chi connectivity index (χ3n) is 2.37. The molecular formula is C9H8NO2-. The summed E-state index contributed by atoms with van der Waals surface area (Å²) < 4.78 is 0. The highest BCUT2D eigenvalue weighted by Crippen LogP contribution is 2.47. The van der Waals surface area contributed by atoms with Crippen molar-refractivity contribution in [3.05, 3.63) is 30.1 Å². The molecule has 1 fully saturated rings. The molecule has 0 spiro atoms. The Morgan fingerprint density at radius 2 is 2.00 bits per heavy atom. The summed E-state index contributed by atoms with van der Waals surface area (Å²) in [4.78, 5) is 14.6. The number of aliphatic carboxylic acids is 1. The van der Waals surface area contributed by atoms with E-state index in [1.54, 1.807) is 24.5 Å². The van der Waals surface area contributed by atoms with Crippen LogP contribution in [0.25, 0.3) is 0 Å². The van der Waals surface area contributed by atoms with Crippen molar-refractivity contribution in [3.63, 3.8) is 0 Å². The molecular weight excluding hydrogens is 154 g/mol. The number of hydrogen-bond acceptors (Lipinski definition) is 3. The van der Waals surface area contributed by atoms with Gasteiger partial charge in [-0.1, -0.05) is 0 Å². The Hall–Kier alpha value is -1.38. The summed E-state index contributed by atoms with van der Waals surface area (Å²) in [6, 6.07) is 3.48. The zero-order valence-corrected chi connectivity index (χ0v) is 6.49. The quantitative estimate of drug-likeness (QED) is 0.608. The molecule has 1 aliphatic carbocycles. The van der Waals surface area contributed by atoms with Crippen molar-refractivity contribution in [3.8, 4) is 0 Å². The first-order chi connectivity index (χ1) is 5.76. The molecule has 0 saturated heterocycles. The summed E-state index contributed by atoms with van der Waals surface area (Å²) in [5.74, 6) is -0.964. The Morgan fingerprint density at radius 1 is 1.42 bits per heavy atom. The Morgan fingerprint density at radius 3 is 2.42 bits per heavy atom. The number of aromatic nitrogens is 1. The molecule has 1 aliphatic rings. The number of carbonyl (C=O) groups excluding carboxylic acids is 1. The van der Waals surface area contributed by atoms with E-state index in [1.165, 1.54) is 0 Å². The van der Waals surface area contributed by atoms with E-state index >= 15 is 0 Å². The molecule has 1 aromatic heterocycles. The summed E-state index contributed by atoms with van der Waals surface area (Å²) in [7, 11) is 0. The van der Waals surface area contributed by atoms with Gasteiger partial charge in [0.15, 0.2) is 0 Å². The highest BCUT2D eigenvalue weighted by molar-refractivity contribution is 5.83. The van der Waals surface area contributed by atoms with Gasteiger partial charge in [0.25, 0.3) is 0 Å². The van der Waals surface area contributed by atoms with Crippen LogP contribution in [0.15, 0.2) is 24.5 Å². The Bertz CT molecular complexity index is 304. The molecule has 62 valence electrons. The molecule has 0 aromatic carbocycles. The maximum Gasteiger partial charge on any atom is 0.0520 e. The molecule has 2 rings (SSSR count). The molecule has 3 heteroatoms. The van der Waals surface area contributed by atoms with Gasteiger partial charge in [-0.05, 0) is 30.5 Å². The SMILES string of the molecule is O=C([O-])C1(c2ccncc2)CC1. The van der Waals surface area contributed by atoms with Crippen molar-refractivity contribution in [2.75, 3.05) is 0 Å². The lowest BCUT2D eigenvalue weighted by Crippen LogP contribution is -2.35. The lowest BCUT2D eigenvalue weighted by atomic mass is 9.98. The summed E-state index contributed by atoms with van der Waals surface area (Å²) in [6.07, 6.45) is 4.61. The van der Waals surface area contributed by atoms with Crippen molar-refractivity contribution in [1.82, 2.24) is 4.98 Å². The molecule has 0 bridgehead atoms. The van der Waals surface area contributed by atoms with Crippen molar-refractivity contribution < 1.29 is 9.90 Å². The average Bonchev–Trinajstić information content (AvgIpc) is 2.86. The van der Waals surface area contributed by atoms with Crippen molar-refractivity contribution in [2.45, 2.75) is 18.3 Å². The molecule has 0 N–H and O–H groups in total. The van der Waals surface area contributed by atoms with E-state index in [-0.39, 0.29) is 0 Å². The van der Waals surface area contributed by atoms with Gasteiger partial charge < -0.3 is 9.90 Å². The number of carbonyl (C=O) groups is 1. The van der Waals surface area contributed by atoms with Crippen LogP contribution in [0.1, 0.15) is 18.4 Å². The second-order valence-electron chi connectivity index (χ2n) is 3.11. The van der Waals surface area contributed by atoms with Gasteiger partial charge in [-0.3, -0.25) is 4.98 Å². The molecule has 1 saturated carbocycles. The van der Waals surface area contributed by atoms with Crippen LogP contribution in [0.2, 0.25) is 0 Å². The fourth-order valence-electron chi connectivity index (χ4n) is 1.41. The number of hydrogen-bond donors (Lipinski definition) is 0. The van der Waals surface area contributed by atoms with Crippen LogP contribution in [0.4, 0.5) is 0 Å². The number of carboxylic acids is 1. The highest BCUT2D eigenvalue weighted by atomic mass is 16.4. The number of nitrogens with zero attached hydrogens (tertiary/aromatic N) is 1. The molecule has 0 aliphatic heterocycles. The second kappa shape index (κ2) is 2.30. The van der Waals surface area contributed by atoms with Crippen LogP contribution >= 0.6 is 0 Å². The minimum absolute atomic E-state index is 0.692. The van der Waals surface area contributed by atoms with E-state index in [0.29, 0.717) is 12.8 Å². The third-order valence-corrected chi connectivity index (χ3v) is 2.37. The molecule has 12 heavy (non-hydrogen) atoms. The maximum atomic E-state index is 10.8. The summed E-state index contributed by atoms with van der Waals surface area (Å²) in [5.41, 5.74) is 0.126. The van der Waals surface area contributed by atoms with E-state index in [0.717, 1.165) is 5.56 Å². The van der Waals surface area contributed by atoms with Crippen LogP contribution in [0.3, 0.4) is 0 Å². The predicted octanol–water partition coefficient (Wildman–Crippen LogP) is -0.137. The lowest BCUT2D eigenvalue weighted by molar-refractivity contribution is -0.309. The van der Waals surface area contributed by atoms with Crippen molar-refractivity contribution in [2.24, 2.45) is 0 Å². The van der Waals surface area contributed by atoms with Crippen molar-refractivity contribution >= 4 is 5.97 Å². The third kappa shape index (κ3) is 0.897. The normalized spacial score (nSPS) is 18.7. The fraction of sp³-hybridized carbons (Fsp3) is 0.333. The largest absolute Gasteiger partial charge is 0.549 e. The lowest BCUT2D eigenvalue weighted by Gasteiger charge is -2.15. The first kappa shape index (κ1) is 7.28. The van der Waals surface area contributed by atoms with Gasteiger partial charge in [0.1, 0.15) is 0 Å². The monoisotopic (exact) mass is 162 g/mol. The van der Waals surface area contributed by atoms with E-state index in [1.807, 2.05) is 0 Å². The van der Waals surface area contributed by atoms with Gasteiger partial charge in [0.2, 0.25) is 0 Å². The summed E-state index contributed by atoms with van der Waals surface area (Å²) >= 11 is 0. The molecule has 0 amide bonds. The number of carboxylic acid groups (broad SMARTS) is 1. The molecule has 3 nitrogen and oxygen atoms in total. The van der Waals surface area contributed by atoms with E-state index in [2.05, 4.69) is 4.98 Å². The first-order valence-corrected chi connectivity index (χ1v) is 3.88. The number of rotatable bonds is 2. The van der Waals surface area contributed by atoms with Gasteiger partial charge in [0.05, 0.1) is 5.97 Å². The van der Waals surface area contributed by atoms with Crippen LogP contribution in [-0.4, -0.2) is 11.0 Å². The first-order valence-electron chi connectivity index (χ1n) is 3.88. The zero-order chi connectivity index (χ0) is 8.60. The smallest absolute Gasteiger partial charge is 0.0520 e. The van der Waals surface area contributed by atoms with E-state index in [4.69, 9.17) is 0 Å². The second-order valence-corrected chi connectivity index (χ2v) is 3.11. The summed E-state index contributed by atoms with van der Waals surface area (Å²) in [5, 5.41) is 10.8. The molecule has 0 unspecified atom stereocenters. The Labute approximate surface area is 70.1 Å². The van der Waals surface area contributed by atoms with E-state index < -0.39 is 11.4 Å². The minimum Gasteiger partial charge on any atom is -0.549 e. The van der Waals surface area contributed by atoms with Crippen LogP contribution in [0.5, 0.6) is 0 Å². The van der Waals surface area contributed by atoms with Gasteiger partial charge in [0, 0.05) is 17.8 Å². The van der Waals surface area contributed by atoms with Crippen molar-refractivity contribution in [1.29, 1.82) is 0 Å². The Kier molecular flexibility index (Phi) is 1.40. The topological polar surface area (TPSA) is 53.0 Å². The van der Waals surface area contributed by atoms with E-state index in [9.17, 15) is 9.90 Å². The van der Waals surface area contributed by atoms with Crippen LogP contribution in [-0.2, 0) is 10.2 Å². The average molecular weight is 162 g/mol. The minimum atomic E-state index is -0.964. The number of pyridine rings is 1. The standard InChI is InChI=1S/C9H9NO2/c11-8(12)9(3-4-9)7-1-5-10-6-2-7/h1-2,5-6H,3-4H2,(H,11,12)/p-1. The maximum absolute atomic E-state index is 10.8. The zero-order valence-electron chi connectivity index (χ0n) is 6.49. The summed E-state index contributed by atoms with van der Waals surface area (Å²) in [6.45, 7) is 0. The molecule has 1 heterocycles. The highest BCUT2D eigenvalue weighted by Gasteiger charge is 2.45. The van der Waals surface area contributed by atoms with Crippen LogP contribution < -0.4 is 5.11 Å². The van der Waals surface area contributed by atoms with Gasteiger partial charge in [-0.15, -0.1) is 0 Å². The van der Waals surface area contributed by atoms with Gasteiger partial charge in [-0.25, -0.2) is 0 Å². The predicted molar refractivity (Wildman–Crippen MR) is 40.2 cm³/mol. The molecule has 0 radical (unpaired) electrons. The van der Waals surface area contributed by atoms with Crippen LogP contribution in [0, 0.1) is 0 Å². The Balaban J connectivity index is 2.37. The van der Waals surface area contributed by atoms with Gasteiger partial charge in [-0.2, -0.15) is 0 Å². The van der Waals surface area contributed by atoms with Gasteiger partial charge >= 0.3 is 0 Å². The molecule has 1 aromatic rings. The fourth-order valence-corrected chi connectivity index (χ4v) is 1.41.